The second-order valence-electron chi connectivity index (χ2n) is 3.11. The summed E-state index contributed by atoms with van der Waals surface area (Å²) in [6.07, 6.45) is -0.0335. The van der Waals surface area contributed by atoms with Crippen LogP contribution in [-0.2, 0) is 9.59 Å². The lowest BCUT2D eigenvalue weighted by molar-refractivity contribution is -0.137. The SMILES string of the molecule is CC(=O)S[C@H](CC(=O)O)c1ccccc1. The van der Waals surface area contributed by atoms with Crippen LogP contribution in [0.2, 0.25) is 0 Å². The molecule has 0 aromatic heterocycles. The van der Waals surface area contributed by atoms with Crippen molar-refractivity contribution in [2.75, 3.05) is 0 Å². The van der Waals surface area contributed by atoms with Gasteiger partial charge in [0.15, 0.2) is 5.12 Å². The maximum Gasteiger partial charge on any atom is 0.304 e. The molecule has 1 atom stereocenters. The maximum atomic E-state index is 11.0. The van der Waals surface area contributed by atoms with Crippen LogP contribution in [0.1, 0.15) is 24.2 Å². The molecule has 0 fully saturated rings. The predicted molar refractivity (Wildman–Crippen MR) is 59.7 cm³/mol. The standard InChI is InChI=1S/C11H12O3S/c1-8(12)15-10(7-11(13)14)9-5-3-2-4-6-9/h2-6,10H,7H2,1H3,(H,13,14)/t10-/m1/s1. The third kappa shape index (κ3) is 4.16. The summed E-state index contributed by atoms with van der Waals surface area (Å²) in [7, 11) is 0. The summed E-state index contributed by atoms with van der Waals surface area (Å²) >= 11 is 1.06. The number of thioether (sulfide) groups is 1. The molecule has 15 heavy (non-hydrogen) atoms. The molecule has 0 bridgehead atoms. The maximum absolute atomic E-state index is 11.0. The second kappa shape index (κ2) is 5.56. The fourth-order valence-electron chi connectivity index (χ4n) is 1.25. The van der Waals surface area contributed by atoms with E-state index in [0.29, 0.717) is 0 Å². The highest BCUT2D eigenvalue weighted by Crippen LogP contribution is 2.32. The lowest BCUT2D eigenvalue weighted by atomic mass is 10.1. The fourth-order valence-corrected chi connectivity index (χ4v) is 2.17. The fraction of sp³-hybridized carbons (Fsp3) is 0.273. The van der Waals surface area contributed by atoms with E-state index < -0.39 is 5.97 Å². The minimum atomic E-state index is -0.891. The van der Waals surface area contributed by atoms with E-state index in [-0.39, 0.29) is 16.8 Å². The molecule has 1 rings (SSSR count). The Kier molecular flexibility index (Phi) is 4.37. The van der Waals surface area contributed by atoms with E-state index in [0.717, 1.165) is 17.3 Å². The Morgan fingerprint density at radius 1 is 1.33 bits per heavy atom. The topological polar surface area (TPSA) is 54.4 Å². The van der Waals surface area contributed by atoms with Gasteiger partial charge in [-0.2, -0.15) is 0 Å². The molecule has 0 aliphatic heterocycles. The Morgan fingerprint density at radius 3 is 2.40 bits per heavy atom. The Hall–Kier alpha value is -1.29. The van der Waals surface area contributed by atoms with Gasteiger partial charge >= 0.3 is 5.97 Å². The highest BCUT2D eigenvalue weighted by Gasteiger charge is 2.17. The summed E-state index contributed by atoms with van der Waals surface area (Å²) in [6, 6.07) is 9.21. The minimum absolute atomic E-state index is 0.0335. The van der Waals surface area contributed by atoms with E-state index in [1.54, 1.807) is 0 Å². The van der Waals surface area contributed by atoms with E-state index in [9.17, 15) is 9.59 Å². The molecule has 0 radical (unpaired) electrons. The number of hydrogen-bond acceptors (Lipinski definition) is 3. The molecular weight excluding hydrogens is 212 g/mol. The van der Waals surface area contributed by atoms with E-state index in [2.05, 4.69) is 0 Å². The molecule has 1 N–H and O–H groups in total. The quantitative estimate of drug-likeness (QED) is 0.853. The van der Waals surface area contributed by atoms with Crippen molar-refractivity contribution in [2.24, 2.45) is 0 Å². The number of carbonyl (C=O) groups excluding carboxylic acids is 1. The molecule has 0 heterocycles. The zero-order valence-corrected chi connectivity index (χ0v) is 9.16. The van der Waals surface area contributed by atoms with Gasteiger partial charge in [-0.1, -0.05) is 42.1 Å². The summed E-state index contributed by atoms with van der Waals surface area (Å²) in [4.78, 5) is 21.6. The Bertz CT molecular complexity index is 332. The number of carboxylic acid groups (broad SMARTS) is 1. The van der Waals surface area contributed by atoms with Crippen LogP contribution in [0.3, 0.4) is 0 Å². The highest BCUT2D eigenvalue weighted by atomic mass is 32.2. The number of hydrogen-bond donors (Lipinski definition) is 1. The van der Waals surface area contributed by atoms with Crippen LogP contribution in [0.4, 0.5) is 0 Å². The third-order valence-corrected chi connectivity index (χ3v) is 2.89. The van der Waals surface area contributed by atoms with Gasteiger partial charge < -0.3 is 5.11 Å². The van der Waals surface area contributed by atoms with Crippen LogP contribution in [0.25, 0.3) is 0 Å². The van der Waals surface area contributed by atoms with Gasteiger partial charge in [-0.25, -0.2) is 0 Å². The molecule has 0 spiro atoms. The van der Waals surface area contributed by atoms with E-state index in [4.69, 9.17) is 5.11 Å². The lowest BCUT2D eigenvalue weighted by Crippen LogP contribution is -2.04. The monoisotopic (exact) mass is 224 g/mol. The van der Waals surface area contributed by atoms with Gasteiger partial charge in [-0.05, 0) is 5.56 Å². The molecule has 80 valence electrons. The van der Waals surface area contributed by atoms with Gasteiger partial charge in [0.25, 0.3) is 0 Å². The molecule has 4 heteroatoms. The number of rotatable bonds is 4. The molecule has 0 saturated heterocycles. The van der Waals surface area contributed by atoms with Crippen LogP contribution in [0.15, 0.2) is 30.3 Å². The largest absolute Gasteiger partial charge is 0.481 e. The van der Waals surface area contributed by atoms with Crippen molar-refractivity contribution in [3.63, 3.8) is 0 Å². The zero-order valence-electron chi connectivity index (χ0n) is 8.34. The number of aliphatic carboxylic acids is 1. The summed E-state index contributed by atoms with van der Waals surface area (Å²) < 4.78 is 0. The number of carboxylic acids is 1. The normalized spacial score (nSPS) is 12.1. The highest BCUT2D eigenvalue weighted by molar-refractivity contribution is 8.13. The van der Waals surface area contributed by atoms with Gasteiger partial charge in [-0.3, -0.25) is 9.59 Å². The van der Waals surface area contributed by atoms with Gasteiger partial charge in [-0.15, -0.1) is 0 Å². The van der Waals surface area contributed by atoms with Crippen LogP contribution in [0.5, 0.6) is 0 Å². The molecule has 0 unspecified atom stereocenters. The first-order valence-electron chi connectivity index (χ1n) is 4.53. The zero-order chi connectivity index (χ0) is 11.3. The first-order valence-corrected chi connectivity index (χ1v) is 5.41. The van der Waals surface area contributed by atoms with Crippen molar-refractivity contribution in [2.45, 2.75) is 18.6 Å². The Balaban J connectivity index is 2.81. The average molecular weight is 224 g/mol. The number of benzene rings is 1. The van der Waals surface area contributed by atoms with Crippen molar-refractivity contribution in [3.8, 4) is 0 Å². The van der Waals surface area contributed by atoms with Gasteiger partial charge in [0, 0.05) is 12.2 Å². The third-order valence-electron chi connectivity index (χ3n) is 1.84. The smallest absolute Gasteiger partial charge is 0.304 e. The summed E-state index contributed by atoms with van der Waals surface area (Å²) in [6.45, 7) is 1.45. The molecule has 0 amide bonds. The van der Waals surface area contributed by atoms with E-state index in [1.807, 2.05) is 30.3 Å². The van der Waals surface area contributed by atoms with Crippen LogP contribution >= 0.6 is 11.8 Å². The summed E-state index contributed by atoms with van der Waals surface area (Å²) in [5, 5.41) is 8.38. The Morgan fingerprint density at radius 2 is 1.93 bits per heavy atom. The van der Waals surface area contributed by atoms with Crippen molar-refractivity contribution in [1.82, 2.24) is 0 Å². The first-order chi connectivity index (χ1) is 7.09. The van der Waals surface area contributed by atoms with Crippen LogP contribution in [0, 0.1) is 0 Å². The molecule has 0 aliphatic rings. The van der Waals surface area contributed by atoms with Gasteiger partial charge in [0.1, 0.15) is 0 Å². The molecule has 0 aliphatic carbocycles. The minimum Gasteiger partial charge on any atom is -0.481 e. The molecule has 3 nitrogen and oxygen atoms in total. The Labute approximate surface area is 92.5 Å². The molecule has 0 saturated carbocycles. The van der Waals surface area contributed by atoms with Crippen molar-refractivity contribution in [1.29, 1.82) is 0 Å². The van der Waals surface area contributed by atoms with Crippen LogP contribution in [-0.4, -0.2) is 16.2 Å². The van der Waals surface area contributed by atoms with E-state index >= 15 is 0 Å². The summed E-state index contributed by atoms with van der Waals surface area (Å²) in [5.41, 5.74) is 0.875. The van der Waals surface area contributed by atoms with Crippen molar-refractivity contribution >= 4 is 22.8 Å². The average Bonchev–Trinajstić information content (AvgIpc) is 2.17. The van der Waals surface area contributed by atoms with Crippen molar-refractivity contribution in [3.05, 3.63) is 35.9 Å². The number of carbonyl (C=O) groups is 2. The molecule has 1 aromatic rings. The second-order valence-corrected chi connectivity index (χ2v) is 4.49. The van der Waals surface area contributed by atoms with Gasteiger partial charge in [0.05, 0.1) is 6.42 Å². The lowest BCUT2D eigenvalue weighted by Gasteiger charge is -2.12. The van der Waals surface area contributed by atoms with Crippen molar-refractivity contribution < 1.29 is 14.7 Å². The van der Waals surface area contributed by atoms with Crippen LogP contribution < -0.4 is 0 Å². The molecule has 1 aromatic carbocycles. The predicted octanol–water partition coefficient (Wildman–Crippen LogP) is 2.48. The summed E-state index contributed by atoms with van der Waals surface area (Å²) in [5.74, 6) is -0.891. The van der Waals surface area contributed by atoms with Gasteiger partial charge in [0.2, 0.25) is 0 Å². The first kappa shape index (κ1) is 11.8. The van der Waals surface area contributed by atoms with E-state index in [1.165, 1.54) is 6.92 Å². The molecular formula is C11H12O3S.